The highest BCUT2D eigenvalue weighted by molar-refractivity contribution is 5.39. The quantitative estimate of drug-likeness (QED) is 0.728. The van der Waals surface area contributed by atoms with Crippen LogP contribution in [0.3, 0.4) is 0 Å². The van der Waals surface area contributed by atoms with E-state index in [4.69, 9.17) is 4.74 Å². The Kier molecular flexibility index (Phi) is 3.42. The molecule has 0 N–H and O–H groups in total. The van der Waals surface area contributed by atoms with Crippen LogP contribution in [0, 0.1) is 17.7 Å². The van der Waals surface area contributed by atoms with E-state index in [2.05, 4.69) is 6.07 Å². The van der Waals surface area contributed by atoms with E-state index >= 15 is 0 Å². The van der Waals surface area contributed by atoms with Crippen LogP contribution in [0.1, 0.15) is 5.56 Å². The highest BCUT2D eigenvalue weighted by Gasteiger charge is 2.34. The number of halogens is 5. The summed E-state index contributed by atoms with van der Waals surface area (Å²) in [4.78, 5) is 0. The maximum atomic E-state index is 13.3. The maximum absolute atomic E-state index is 13.3. The molecule has 0 spiro atoms. The molecule has 1 nitrogen and oxygen atoms in total. The molecule has 0 aliphatic rings. The van der Waals surface area contributed by atoms with Gasteiger partial charge in [0, 0.05) is 0 Å². The fraction of sp³-hybridized carbons (Fsp3) is 0.0769. The second-order valence-electron chi connectivity index (χ2n) is 3.57. The molecule has 6 heteroatoms. The zero-order chi connectivity index (χ0) is 14.0. The predicted molar refractivity (Wildman–Crippen MR) is 56.7 cm³/mol. The lowest BCUT2D eigenvalue weighted by atomic mass is 10.2. The van der Waals surface area contributed by atoms with Gasteiger partial charge < -0.3 is 4.74 Å². The molecule has 0 aromatic heterocycles. The first-order valence-electron chi connectivity index (χ1n) is 5.09. The van der Waals surface area contributed by atoms with Crippen LogP contribution >= 0.6 is 0 Å². The van der Waals surface area contributed by atoms with Gasteiger partial charge in [0.25, 0.3) is 0 Å². The number of hydrogen-bond donors (Lipinski definition) is 0. The summed E-state index contributed by atoms with van der Waals surface area (Å²) in [6.07, 6.45) is -4.67. The molecule has 0 atom stereocenters. The Morgan fingerprint density at radius 2 is 1.74 bits per heavy atom. The van der Waals surface area contributed by atoms with Crippen molar-refractivity contribution in [2.45, 2.75) is 6.18 Å². The number of hydrogen-bond acceptors (Lipinski definition) is 1. The Morgan fingerprint density at radius 1 is 1.00 bits per heavy atom. The Hall–Kier alpha value is -2.11. The summed E-state index contributed by atoms with van der Waals surface area (Å²) in [5.41, 5.74) is -1.11. The van der Waals surface area contributed by atoms with E-state index in [9.17, 15) is 22.0 Å². The van der Waals surface area contributed by atoms with Gasteiger partial charge in [-0.2, -0.15) is 17.6 Å². The largest absolute Gasteiger partial charge is 0.454 e. The van der Waals surface area contributed by atoms with Crippen LogP contribution in [0.15, 0.2) is 36.4 Å². The lowest BCUT2D eigenvalue weighted by Crippen LogP contribution is -2.07. The van der Waals surface area contributed by atoms with E-state index < -0.39 is 34.9 Å². The first-order valence-corrected chi connectivity index (χ1v) is 5.09. The first kappa shape index (κ1) is 13.3. The number of alkyl halides is 3. The highest BCUT2D eigenvalue weighted by atomic mass is 19.4. The second kappa shape index (κ2) is 4.87. The molecule has 99 valence electrons. The summed E-state index contributed by atoms with van der Waals surface area (Å²) in [5.74, 6) is -3.77. The van der Waals surface area contributed by atoms with Gasteiger partial charge in [-0.05, 0) is 30.3 Å². The lowest BCUT2D eigenvalue weighted by Gasteiger charge is -2.13. The smallest absolute Gasteiger partial charge is 0.420 e. The second-order valence-corrected chi connectivity index (χ2v) is 3.57. The molecular weight excluding hydrogens is 267 g/mol. The van der Waals surface area contributed by atoms with Gasteiger partial charge in [0.1, 0.15) is 5.75 Å². The summed E-state index contributed by atoms with van der Waals surface area (Å²) in [6.45, 7) is 0. The van der Waals surface area contributed by atoms with E-state index in [1.54, 1.807) is 0 Å². The zero-order valence-corrected chi connectivity index (χ0v) is 9.26. The Bertz CT molecular complexity index is 592. The van der Waals surface area contributed by atoms with Crippen molar-refractivity contribution in [2.24, 2.45) is 0 Å². The molecule has 2 aromatic rings. The molecule has 0 amide bonds. The summed E-state index contributed by atoms with van der Waals surface area (Å²) in [7, 11) is 0. The minimum Gasteiger partial charge on any atom is -0.454 e. The molecule has 0 bridgehead atoms. The molecular formula is C13H6F5O. The summed E-state index contributed by atoms with van der Waals surface area (Å²) in [6, 6.07) is 8.10. The van der Waals surface area contributed by atoms with E-state index in [1.807, 2.05) is 0 Å². The van der Waals surface area contributed by atoms with Crippen LogP contribution in [0.4, 0.5) is 22.0 Å². The third-order valence-electron chi connectivity index (χ3n) is 2.27. The molecule has 2 rings (SSSR count). The van der Waals surface area contributed by atoms with Gasteiger partial charge in [-0.25, -0.2) is 4.39 Å². The number of ether oxygens (including phenoxy) is 1. The fourth-order valence-corrected chi connectivity index (χ4v) is 1.41. The summed E-state index contributed by atoms with van der Waals surface area (Å²) >= 11 is 0. The van der Waals surface area contributed by atoms with Crippen molar-refractivity contribution in [3.8, 4) is 11.5 Å². The SMILES string of the molecule is Fc1cccc(Oc2cc[c]cc2C(F)(F)F)c1F. The van der Waals surface area contributed by atoms with Crippen molar-refractivity contribution in [3.63, 3.8) is 0 Å². The molecule has 2 aromatic carbocycles. The van der Waals surface area contributed by atoms with Crippen molar-refractivity contribution in [2.75, 3.05) is 0 Å². The number of rotatable bonds is 2. The molecule has 0 saturated carbocycles. The third kappa shape index (κ3) is 2.83. The first-order chi connectivity index (χ1) is 8.89. The van der Waals surface area contributed by atoms with E-state index in [0.717, 1.165) is 24.3 Å². The Labute approximate surface area is 105 Å². The van der Waals surface area contributed by atoms with Crippen LogP contribution in [0.2, 0.25) is 0 Å². The number of benzene rings is 2. The van der Waals surface area contributed by atoms with Crippen LogP contribution in [0.25, 0.3) is 0 Å². The van der Waals surface area contributed by atoms with Gasteiger partial charge in [-0.3, -0.25) is 0 Å². The molecule has 0 unspecified atom stereocenters. The maximum Gasteiger partial charge on any atom is 0.420 e. The molecule has 0 saturated heterocycles. The van der Waals surface area contributed by atoms with Gasteiger partial charge in [-0.1, -0.05) is 12.1 Å². The van der Waals surface area contributed by atoms with Crippen molar-refractivity contribution >= 4 is 0 Å². The normalized spacial score (nSPS) is 11.4. The molecule has 1 radical (unpaired) electrons. The molecule has 0 heterocycles. The molecule has 0 aliphatic carbocycles. The third-order valence-corrected chi connectivity index (χ3v) is 2.27. The van der Waals surface area contributed by atoms with E-state index in [1.165, 1.54) is 6.07 Å². The van der Waals surface area contributed by atoms with Crippen molar-refractivity contribution in [1.82, 2.24) is 0 Å². The zero-order valence-electron chi connectivity index (χ0n) is 9.26. The van der Waals surface area contributed by atoms with Crippen molar-refractivity contribution in [1.29, 1.82) is 0 Å². The predicted octanol–water partition coefficient (Wildman–Crippen LogP) is 4.58. The fourth-order valence-electron chi connectivity index (χ4n) is 1.41. The van der Waals surface area contributed by atoms with Crippen molar-refractivity contribution in [3.05, 3.63) is 59.7 Å². The van der Waals surface area contributed by atoms with Gasteiger partial charge in [0.15, 0.2) is 11.6 Å². The standard InChI is InChI=1S/C13H6F5O/c14-9-5-3-7-11(12(9)15)19-10-6-2-1-4-8(10)13(16,17)18/h2-7H. The summed E-state index contributed by atoms with van der Waals surface area (Å²) < 4.78 is 69.0. The van der Waals surface area contributed by atoms with Gasteiger partial charge >= 0.3 is 6.18 Å². The molecule has 0 fully saturated rings. The Balaban J connectivity index is 2.42. The molecule has 0 aliphatic heterocycles. The minimum absolute atomic E-state index is 0.614. The van der Waals surface area contributed by atoms with Gasteiger partial charge in [0.05, 0.1) is 5.56 Å². The van der Waals surface area contributed by atoms with Gasteiger partial charge in [-0.15, -0.1) is 0 Å². The van der Waals surface area contributed by atoms with Crippen LogP contribution in [0.5, 0.6) is 11.5 Å². The summed E-state index contributed by atoms with van der Waals surface area (Å²) in [5, 5.41) is 0. The van der Waals surface area contributed by atoms with Crippen LogP contribution in [-0.2, 0) is 6.18 Å². The van der Waals surface area contributed by atoms with Crippen LogP contribution < -0.4 is 4.74 Å². The Morgan fingerprint density at radius 3 is 2.42 bits per heavy atom. The molecule has 19 heavy (non-hydrogen) atoms. The van der Waals surface area contributed by atoms with Gasteiger partial charge in [0.2, 0.25) is 5.82 Å². The lowest BCUT2D eigenvalue weighted by molar-refractivity contribution is -0.138. The van der Waals surface area contributed by atoms with E-state index in [0.29, 0.717) is 6.07 Å². The average Bonchev–Trinajstić information content (AvgIpc) is 2.34. The minimum atomic E-state index is -4.67. The highest BCUT2D eigenvalue weighted by Crippen LogP contribution is 2.38. The van der Waals surface area contributed by atoms with Crippen LogP contribution in [-0.4, -0.2) is 0 Å². The van der Waals surface area contributed by atoms with Crippen molar-refractivity contribution < 1.29 is 26.7 Å². The monoisotopic (exact) mass is 273 g/mol. The van der Waals surface area contributed by atoms with E-state index in [-0.39, 0.29) is 0 Å². The average molecular weight is 273 g/mol. The topological polar surface area (TPSA) is 9.23 Å².